The average molecular weight is 529 g/mol. The Morgan fingerprint density at radius 2 is 1.87 bits per heavy atom. The number of piperazine rings is 1. The van der Waals surface area contributed by atoms with E-state index in [0.29, 0.717) is 36.4 Å². The monoisotopic (exact) mass is 529 g/mol. The van der Waals surface area contributed by atoms with Crippen LogP contribution in [0.3, 0.4) is 0 Å². The van der Waals surface area contributed by atoms with E-state index in [-0.39, 0.29) is 35.1 Å². The lowest BCUT2D eigenvalue weighted by Crippen LogP contribution is -2.47. The molecule has 13 nitrogen and oxygen atoms in total. The molecule has 0 amide bonds. The SMILES string of the molecule is COc1c(N2CCN(Cc3cc([N+](=O)[O-])cc(=O)n3O)CC2)c(F)cc2c(=O)c(C(=O)O)cn(C3CC3)c12. The molecule has 3 heterocycles. The number of ether oxygens (including phenoxy) is 1. The van der Waals surface area contributed by atoms with Gasteiger partial charge in [-0.05, 0) is 18.9 Å². The van der Waals surface area contributed by atoms with Crippen molar-refractivity contribution < 1.29 is 29.2 Å². The van der Waals surface area contributed by atoms with E-state index >= 15 is 4.39 Å². The van der Waals surface area contributed by atoms with E-state index in [9.17, 15) is 34.8 Å². The summed E-state index contributed by atoms with van der Waals surface area (Å²) in [5, 5.41) is 30.6. The van der Waals surface area contributed by atoms with Gasteiger partial charge in [0.05, 0.1) is 34.7 Å². The van der Waals surface area contributed by atoms with Crippen LogP contribution in [0.25, 0.3) is 10.9 Å². The molecule has 200 valence electrons. The van der Waals surface area contributed by atoms with Crippen LogP contribution in [0, 0.1) is 15.9 Å². The third kappa shape index (κ3) is 4.32. The highest BCUT2D eigenvalue weighted by molar-refractivity contribution is 5.97. The highest BCUT2D eigenvalue weighted by Crippen LogP contribution is 2.43. The van der Waals surface area contributed by atoms with Crippen molar-refractivity contribution in [2.75, 3.05) is 38.2 Å². The fourth-order valence-electron chi connectivity index (χ4n) is 4.90. The molecule has 1 aliphatic carbocycles. The quantitative estimate of drug-likeness (QED) is 0.262. The first-order chi connectivity index (χ1) is 18.1. The Kier molecular flexibility index (Phi) is 6.26. The number of pyridine rings is 2. The summed E-state index contributed by atoms with van der Waals surface area (Å²) in [5.41, 5.74) is -2.03. The molecule has 5 rings (SSSR count). The van der Waals surface area contributed by atoms with Crippen LogP contribution in [0.5, 0.6) is 5.75 Å². The normalized spacial score (nSPS) is 16.1. The number of methoxy groups -OCH3 is 1. The maximum absolute atomic E-state index is 15.5. The minimum Gasteiger partial charge on any atom is -0.492 e. The van der Waals surface area contributed by atoms with E-state index in [0.717, 1.165) is 31.0 Å². The van der Waals surface area contributed by atoms with Crippen LogP contribution >= 0.6 is 0 Å². The Balaban J connectivity index is 1.47. The number of nitrogens with zero attached hydrogens (tertiary/aromatic N) is 5. The van der Waals surface area contributed by atoms with E-state index in [1.165, 1.54) is 13.3 Å². The zero-order valence-electron chi connectivity index (χ0n) is 20.3. The summed E-state index contributed by atoms with van der Waals surface area (Å²) in [4.78, 5) is 50.4. The number of carboxylic acid groups (broad SMARTS) is 1. The van der Waals surface area contributed by atoms with Crippen molar-refractivity contribution in [3.05, 3.63) is 72.2 Å². The summed E-state index contributed by atoms with van der Waals surface area (Å²) in [6.07, 6.45) is 2.87. The van der Waals surface area contributed by atoms with Crippen LogP contribution in [-0.2, 0) is 6.54 Å². The van der Waals surface area contributed by atoms with Gasteiger partial charge in [0.1, 0.15) is 11.3 Å². The largest absolute Gasteiger partial charge is 0.492 e. The van der Waals surface area contributed by atoms with Gasteiger partial charge in [-0.1, -0.05) is 0 Å². The molecule has 38 heavy (non-hydrogen) atoms. The van der Waals surface area contributed by atoms with Crippen molar-refractivity contribution in [3.63, 3.8) is 0 Å². The summed E-state index contributed by atoms with van der Waals surface area (Å²) in [5.74, 6) is -1.98. The van der Waals surface area contributed by atoms with E-state index in [4.69, 9.17) is 4.74 Å². The van der Waals surface area contributed by atoms with Gasteiger partial charge in [0.2, 0.25) is 5.43 Å². The first kappa shape index (κ1) is 25.2. The standard InChI is InChI=1S/C24H24FN5O8/c1-38-23-20-16(22(32)17(24(33)34)12-28(20)13-2-3-13)10-18(25)21(23)27-6-4-26(5-7-27)11-15-8-14(30(36)37)9-19(31)29(15)35/h8-10,12-13,35H,2-7,11H2,1H3,(H,33,34). The summed E-state index contributed by atoms with van der Waals surface area (Å²) >= 11 is 0. The smallest absolute Gasteiger partial charge is 0.341 e. The van der Waals surface area contributed by atoms with Crippen molar-refractivity contribution >= 4 is 28.2 Å². The number of aromatic carboxylic acids is 1. The van der Waals surface area contributed by atoms with Crippen molar-refractivity contribution in [1.29, 1.82) is 0 Å². The van der Waals surface area contributed by atoms with Gasteiger partial charge in [-0.2, -0.15) is 4.73 Å². The molecule has 0 atom stereocenters. The third-order valence-electron chi connectivity index (χ3n) is 6.92. The summed E-state index contributed by atoms with van der Waals surface area (Å²) in [6.45, 7) is 1.40. The molecule has 0 radical (unpaired) electrons. The molecule has 1 aromatic carbocycles. The van der Waals surface area contributed by atoms with Crippen molar-refractivity contribution in [3.8, 4) is 5.75 Å². The molecular formula is C24H24FN5O8. The predicted molar refractivity (Wildman–Crippen MR) is 132 cm³/mol. The molecule has 0 spiro atoms. The lowest BCUT2D eigenvalue weighted by Gasteiger charge is -2.37. The Hall–Kier alpha value is -4.46. The molecule has 0 unspecified atom stereocenters. The highest BCUT2D eigenvalue weighted by atomic mass is 19.1. The molecule has 2 aromatic heterocycles. The van der Waals surface area contributed by atoms with Gasteiger partial charge in [-0.3, -0.25) is 24.6 Å². The number of halogens is 1. The molecule has 1 aliphatic heterocycles. The number of carboxylic acids is 1. The molecule has 3 aromatic rings. The molecule has 1 saturated carbocycles. The lowest BCUT2D eigenvalue weighted by molar-refractivity contribution is -0.385. The first-order valence-corrected chi connectivity index (χ1v) is 11.9. The van der Waals surface area contributed by atoms with E-state index in [2.05, 4.69) is 0 Å². The molecule has 2 N–H and O–H groups in total. The van der Waals surface area contributed by atoms with Gasteiger partial charge in [-0.15, -0.1) is 0 Å². The minimum atomic E-state index is -1.39. The van der Waals surface area contributed by atoms with Crippen LogP contribution < -0.4 is 20.6 Å². The second kappa shape index (κ2) is 9.45. The summed E-state index contributed by atoms with van der Waals surface area (Å²) in [7, 11) is 1.36. The highest BCUT2D eigenvalue weighted by Gasteiger charge is 2.32. The summed E-state index contributed by atoms with van der Waals surface area (Å²) in [6, 6.07) is 2.89. The van der Waals surface area contributed by atoms with Gasteiger partial charge in [0, 0.05) is 51.0 Å². The molecule has 0 bridgehead atoms. The van der Waals surface area contributed by atoms with Crippen LogP contribution in [0.1, 0.15) is 34.9 Å². The Morgan fingerprint density at radius 3 is 2.45 bits per heavy atom. The molecule has 2 fully saturated rings. The first-order valence-electron chi connectivity index (χ1n) is 11.9. The number of benzene rings is 1. The van der Waals surface area contributed by atoms with Crippen LogP contribution in [0.2, 0.25) is 0 Å². The zero-order valence-corrected chi connectivity index (χ0v) is 20.3. The fourth-order valence-corrected chi connectivity index (χ4v) is 4.90. The maximum Gasteiger partial charge on any atom is 0.341 e. The Bertz CT molecular complexity index is 1590. The van der Waals surface area contributed by atoms with E-state index in [1.54, 1.807) is 9.47 Å². The number of aromatic nitrogens is 2. The third-order valence-corrected chi connectivity index (χ3v) is 6.92. The topological polar surface area (TPSA) is 160 Å². The second-order valence-corrected chi connectivity index (χ2v) is 9.33. The molecular weight excluding hydrogens is 505 g/mol. The van der Waals surface area contributed by atoms with Gasteiger partial charge in [0.15, 0.2) is 11.6 Å². The maximum atomic E-state index is 15.5. The van der Waals surface area contributed by atoms with Gasteiger partial charge < -0.3 is 24.5 Å². The minimum absolute atomic E-state index is 0.0220. The molecule has 2 aliphatic rings. The van der Waals surface area contributed by atoms with Gasteiger partial charge in [0.25, 0.3) is 11.2 Å². The molecule has 1 saturated heterocycles. The number of carbonyl (C=O) groups is 1. The second-order valence-electron chi connectivity index (χ2n) is 9.33. The number of fused-ring (bicyclic) bond motifs is 1. The number of anilines is 1. The Labute approximate surface area is 213 Å². The van der Waals surface area contributed by atoms with Crippen molar-refractivity contribution in [2.24, 2.45) is 0 Å². The fraction of sp³-hybridized carbons (Fsp3) is 0.375. The zero-order chi connectivity index (χ0) is 27.3. The van der Waals surface area contributed by atoms with Gasteiger partial charge >= 0.3 is 5.97 Å². The van der Waals surface area contributed by atoms with Crippen LogP contribution in [0.4, 0.5) is 15.8 Å². The number of nitro groups is 1. The van der Waals surface area contributed by atoms with Crippen molar-refractivity contribution in [1.82, 2.24) is 14.2 Å². The van der Waals surface area contributed by atoms with Gasteiger partial charge in [-0.25, -0.2) is 9.18 Å². The number of rotatable bonds is 7. The van der Waals surface area contributed by atoms with Crippen LogP contribution in [0.15, 0.2) is 34.0 Å². The summed E-state index contributed by atoms with van der Waals surface area (Å²) < 4.78 is 23.2. The lowest BCUT2D eigenvalue weighted by atomic mass is 10.1. The average Bonchev–Trinajstić information content (AvgIpc) is 3.72. The van der Waals surface area contributed by atoms with Crippen LogP contribution in [-0.4, -0.2) is 68.7 Å². The van der Waals surface area contributed by atoms with E-state index < -0.39 is 38.9 Å². The Morgan fingerprint density at radius 1 is 1.18 bits per heavy atom. The molecule has 14 heteroatoms. The van der Waals surface area contributed by atoms with Crippen molar-refractivity contribution in [2.45, 2.75) is 25.4 Å². The number of hydrogen-bond donors (Lipinski definition) is 2. The number of hydrogen-bond acceptors (Lipinski definition) is 9. The predicted octanol–water partition coefficient (Wildman–Crippen LogP) is 1.81. The van der Waals surface area contributed by atoms with E-state index in [1.807, 2.05) is 4.90 Å².